The summed E-state index contributed by atoms with van der Waals surface area (Å²) >= 11 is 0. The predicted molar refractivity (Wildman–Crippen MR) is 60.9 cm³/mol. The summed E-state index contributed by atoms with van der Waals surface area (Å²) in [5.74, 6) is 0. The van der Waals surface area contributed by atoms with Crippen LogP contribution in [0.25, 0.3) is 0 Å². The second kappa shape index (κ2) is 5.80. The molecule has 15 heavy (non-hydrogen) atoms. The minimum Gasteiger partial charge on any atom is -0.396 e. The van der Waals surface area contributed by atoms with Gasteiger partial charge in [-0.25, -0.2) is 0 Å². The van der Waals surface area contributed by atoms with E-state index < -0.39 is 5.60 Å². The molecule has 0 aromatic rings. The number of β-amino-alcohol motifs (C(OH)–C–C–N with tert-alkyl or cyclic N) is 1. The Bertz CT molecular complexity index is 172. The molecule has 0 radical (unpaired) electrons. The molecule has 0 bridgehead atoms. The Balaban J connectivity index is 2.18. The van der Waals surface area contributed by atoms with E-state index in [4.69, 9.17) is 5.11 Å². The zero-order chi connectivity index (χ0) is 11.3. The average molecular weight is 216 g/mol. The van der Waals surface area contributed by atoms with Crippen molar-refractivity contribution in [1.82, 2.24) is 9.80 Å². The Morgan fingerprint density at radius 1 is 1.07 bits per heavy atom. The number of nitrogens with zero attached hydrogens (tertiary/aromatic N) is 2. The number of aliphatic hydroxyl groups is 2. The molecule has 1 saturated heterocycles. The van der Waals surface area contributed by atoms with Crippen LogP contribution in [-0.2, 0) is 0 Å². The van der Waals surface area contributed by atoms with Crippen molar-refractivity contribution in [2.45, 2.75) is 25.9 Å². The molecule has 4 nitrogen and oxygen atoms in total. The highest BCUT2D eigenvalue weighted by Crippen LogP contribution is 2.08. The van der Waals surface area contributed by atoms with Crippen LogP contribution in [0.4, 0.5) is 0 Å². The van der Waals surface area contributed by atoms with Gasteiger partial charge in [-0.15, -0.1) is 0 Å². The average Bonchev–Trinajstić information content (AvgIpc) is 2.14. The summed E-state index contributed by atoms with van der Waals surface area (Å²) in [7, 11) is 0. The number of aliphatic hydroxyl groups excluding tert-OH is 1. The maximum atomic E-state index is 9.69. The first-order chi connectivity index (χ1) is 7.01. The number of piperazine rings is 1. The van der Waals surface area contributed by atoms with Crippen molar-refractivity contribution < 1.29 is 10.2 Å². The SMILES string of the molecule is CC(C)(O)CN1CCN(CCCO)CC1. The van der Waals surface area contributed by atoms with Crippen LogP contribution < -0.4 is 0 Å². The molecule has 0 unspecified atom stereocenters. The molecule has 1 aliphatic rings. The fourth-order valence-electron chi connectivity index (χ4n) is 2.01. The van der Waals surface area contributed by atoms with Crippen LogP contribution in [0, 0.1) is 0 Å². The van der Waals surface area contributed by atoms with Crippen molar-refractivity contribution in [1.29, 1.82) is 0 Å². The van der Waals surface area contributed by atoms with Crippen molar-refractivity contribution in [3.63, 3.8) is 0 Å². The minimum atomic E-state index is -0.590. The lowest BCUT2D eigenvalue weighted by Crippen LogP contribution is -2.50. The molecule has 4 heteroatoms. The van der Waals surface area contributed by atoms with Crippen molar-refractivity contribution in [2.75, 3.05) is 45.9 Å². The van der Waals surface area contributed by atoms with Crippen LogP contribution in [0.15, 0.2) is 0 Å². The molecule has 0 saturated carbocycles. The summed E-state index contributed by atoms with van der Waals surface area (Å²) in [4.78, 5) is 4.67. The van der Waals surface area contributed by atoms with Crippen LogP contribution in [0.3, 0.4) is 0 Å². The summed E-state index contributed by atoms with van der Waals surface area (Å²) in [5, 5.41) is 18.4. The Labute approximate surface area is 92.5 Å². The molecule has 1 fully saturated rings. The van der Waals surface area contributed by atoms with Crippen LogP contribution in [-0.4, -0.2) is 71.5 Å². The summed E-state index contributed by atoms with van der Waals surface area (Å²) in [6.07, 6.45) is 0.867. The van der Waals surface area contributed by atoms with E-state index in [1.807, 2.05) is 13.8 Å². The highest BCUT2D eigenvalue weighted by atomic mass is 16.3. The van der Waals surface area contributed by atoms with E-state index in [9.17, 15) is 5.11 Å². The maximum absolute atomic E-state index is 9.69. The lowest BCUT2D eigenvalue weighted by molar-refractivity contribution is 0.0172. The molecule has 0 aromatic heterocycles. The first kappa shape index (κ1) is 12.9. The van der Waals surface area contributed by atoms with Gasteiger partial charge in [-0.3, -0.25) is 4.90 Å². The second-order valence-corrected chi connectivity index (χ2v) is 5.01. The van der Waals surface area contributed by atoms with Gasteiger partial charge >= 0.3 is 0 Å². The lowest BCUT2D eigenvalue weighted by atomic mass is 10.1. The Kier molecular flexibility index (Phi) is 4.99. The van der Waals surface area contributed by atoms with Crippen molar-refractivity contribution in [3.8, 4) is 0 Å². The van der Waals surface area contributed by atoms with E-state index >= 15 is 0 Å². The first-order valence-electron chi connectivity index (χ1n) is 5.79. The van der Waals surface area contributed by atoms with Gasteiger partial charge in [0.1, 0.15) is 0 Å². The van der Waals surface area contributed by atoms with Crippen LogP contribution in [0.5, 0.6) is 0 Å². The van der Waals surface area contributed by atoms with Gasteiger partial charge in [-0.2, -0.15) is 0 Å². The van der Waals surface area contributed by atoms with E-state index in [0.717, 1.165) is 45.7 Å². The highest BCUT2D eigenvalue weighted by molar-refractivity contribution is 4.77. The summed E-state index contributed by atoms with van der Waals surface area (Å²) < 4.78 is 0. The van der Waals surface area contributed by atoms with E-state index in [1.54, 1.807) is 0 Å². The molecule has 0 spiro atoms. The zero-order valence-electron chi connectivity index (χ0n) is 9.95. The Hall–Kier alpha value is -0.160. The van der Waals surface area contributed by atoms with E-state index in [-0.39, 0.29) is 6.61 Å². The molecule has 0 atom stereocenters. The molecule has 90 valence electrons. The lowest BCUT2D eigenvalue weighted by Gasteiger charge is -2.37. The third-order valence-electron chi connectivity index (χ3n) is 2.71. The largest absolute Gasteiger partial charge is 0.396 e. The van der Waals surface area contributed by atoms with Gasteiger partial charge in [0.15, 0.2) is 0 Å². The van der Waals surface area contributed by atoms with Crippen LogP contribution in [0.2, 0.25) is 0 Å². The molecule has 0 aliphatic carbocycles. The predicted octanol–water partition coefficient (Wildman–Crippen LogP) is -0.243. The number of rotatable bonds is 5. The van der Waals surface area contributed by atoms with Gasteiger partial charge in [0.05, 0.1) is 5.60 Å². The summed E-state index contributed by atoms with van der Waals surface area (Å²) in [5.41, 5.74) is -0.590. The van der Waals surface area contributed by atoms with Crippen LogP contribution >= 0.6 is 0 Å². The maximum Gasteiger partial charge on any atom is 0.0718 e. The van der Waals surface area contributed by atoms with Crippen LogP contribution in [0.1, 0.15) is 20.3 Å². The van der Waals surface area contributed by atoms with Gasteiger partial charge < -0.3 is 15.1 Å². The summed E-state index contributed by atoms with van der Waals surface area (Å²) in [6.45, 7) is 9.88. The highest BCUT2D eigenvalue weighted by Gasteiger charge is 2.22. The Morgan fingerprint density at radius 2 is 1.60 bits per heavy atom. The fraction of sp³-hybridized carbons (Fsp3) is 1.00. The standard InChI is InChI=1S/C11H24N2O2/c1-11(2,15)10-13-7-5-12(6-8-13)4-3-9-14/h14-15H,3-10H2,1-2H3. The number of hydrogen-bond donors (Lipinski definition) is 2. The molecule has 1 heterocycles. The third kappa shape index (κ3) is 5.47. The molecular weight excluding hydrogens is 192 g/mol. The van der Waals surface area contributed by atoms with Crippen molar-refractivity contribution >= 4 is 0 Å². The van der Waals surface area contributed by atoms with Gasteiger partial charge in [-0.05, 0) is 20.3 Å². The topological polar surface area (TPSA) is 46.9 Å². The van der Waals surface area contributed by atoms with E-state index in [0.29, 0.717) is 0 Å². The summed E-state index contributed by atoms with van der Waals surface area (Å²) in [6, 6.07) is 0. The first-order valence-corrected chi connectivity index (χ1v) is 5.79. The van der Waals surface area contributed by atoms with Crippen molar-refractivity contribution in [3.05, 3.63) is 0 Å². The molecule has 0 aromatic carbocycles. The van der Waals surface area contributed by atoms with Gasteiger partial charge in [0.2, 0.25) is 0 Å². The van der Waals surface area contributed by atoms with Gasteiger partial charge in [-0.1, -0.05) is 0 Å². The molecule has 1 rings (SSSR count). The monoisotopic (exact) mass is 216 g/mol. The fourth-order valence-corrected chi connectivity index (χ4v) is 2.01. The zero-order valence-corrected chi connectivity index (χ0v) is 9.95. The Morgan fingerprint density at radius 3 is 2.07 bits per heavy atom. The smallest absolute Gasteiger partial charge is 0.0718 e. The van der Waals surface area contributed by atoms with E-state index in [1.165, 1.54) is 0 Å². The molecule has 2 N–H and O–H groups in total. The number of hydrogen-bond acceptors (Lipinski definition) is 4. The van der Waals surface area contributed by atoms with Gasteiger partial charge in [0, 0.05) is 45.9 Å². The molecule has 0 amide bonds. The van der Waals surface area contributed by atoms with Crippen molar-refractivity contribution in [2.24, 2.45) is 0 Å². The molecular formula is C11H24N2O2. The quantitative estimate of drug-likeness (QED) is 0.666. The third-order valence-corrected chi connectivity index (χ3v) is 2.71. The normalized spacial score (nSPS) is 20.8. The minimum absolute atomic E-state index is 0.282. The van der Waals surface area contributed by atoms with Gasteiger partial charge in [0.25, 0.3) is 0 Å². The molecule has 1 aliphatic heterocycles. The van der Waals surface area contributed by atoms with E-state index in [2.05, 4.69) is 9.80 Å². The second-order valence-electron chi connectivity index (χ2n) is 5.01.